The fourth-order valence-corrected chi connectivity index (χ4v) is 1.95. The number of hydrogen-bond donors (Lipinski definition) is 1. The number of hydrogen-bond acceptors (Lipinski definition) is 3. The Morgan fingerprint density at radius 3 is 2.43 bits per heavy atom. The molecular weight excluding hydrogens is 203 g/mol. The van der Waals surface area contributed by atoms with Crippen molar-refractivity contribution in [2.75, 3.05) is 7.11 Å². The summed E-state index contributed by atoms with van der Waals surface area (Å²) in [5.41, 5.74) is -0.425. The van der Waals surface area contributed by atoms with Gasteiger partial charge in [-0.1, -0.05) is 18.2 Å². The highest BCUT2D eigenvalue weighted by atomic mass is 31.1. The van der Waals surface area contributed by atoms with Gasteiger partial charge in [0, 0.05) is 7.11 Å². The van der Waals surface area contributed by atoms with Gasteiger partial charge in [0.05, 0.1) is 0 Å². The molecule has 0 saturated heterocycles. The van der Waals surface area contributed by atoms with E-state index in [1.807, 2.05) is 0 Å². The maximum atomic E-state index is 11.6. The van der Waals surface area contributed by atoms with E-state index in [9.17, 15) is 9.69 Å². The fraction of sp³-hybridized carbons (Fsp3) is 0.111. The van der Waals surface area contributed by atoms with Crippen LogP contribution in [-0.2, 0) is 9.53 Å². The number of carboxylic acids is 1. The van der Waals surface area contributed by atoms with Crippen molar-refractivity contribution >= 4 is 24.5 Å². The van der Waals surface area contributed by atoms with Crippen molar-refractivity contribution in [3.05, 3.63) is 30.3 Å². The first-order chi connectivity index (χ1) is 6.66. The molecule has 5 heteroatoms. The Hall–Kier alpha value is -1.22. The van der Waals surface area contributed by atoms with Crippen molar-refractivity contribution in [2.45, 2.75) is 0 Å². The minimum absolute atomic E-state index is 0.425. The van der Waals surface area contributed by atoms with E-state index in [0.29, 0.717) is 5.30 Å². The van der Waals surface area contributed by atoms with Gasteiger partial charge in [-0.15, -0.1) is 0 Å². The van der Waals surface area contributed by atoms with E-state index in [1.165, 1.54) is 7.11 Å². The smallest absolute Gasteiger partial charge is 0.404 e. The zero-order valence-corrected chi connectivity index (χ0v) is 8.40. The van der Waals surface area contributed by atoms with Gasteiger partial charge >= 0.3 is 11.4 Å². The van der Waals surface area contributed by atoms with E-state index >= 15 is 0 Å². The number of rotatable bonds is 3. The Morgan fingerprint density at radius 2 is 2.00 bits per heavy atom. The van der Waals surface area contributed by atoms with E-state index in [2.05, 4.69) is 4.74 Å². The third kappa shape index (κ3) is 2.39. The lowest BCUT2D eigenvalue weighted by Gasteiger charge is -2.00. The maximum Gasteiger partial charge on any atom is 0.404 e. The minimum Gasteiger partial charge on any atom is -0.624 e. The molecule has 0 saturated carbocycles. The lowest BCUT2D eigenvalue weighted by Crippen LogP contribution is -2.21. The second kappa shape index (κ2) is 4.86. The fourth-order valence-electron chi connectivity index (χ4n) is 0.938. The predicted octanol–water partition coefficient (Wildman–Crippen LogP) is -0.0700. The third-order valence-electron chi connectivity index (χ3n) is 1.55. The summed E-state index contributed by atoms with van der Waals surface area (Å²) in [7, 11) is -0.940. The maximum absolute atomic E-state index is 11.6. The second-order valence-corrected chi connectivity index (χ2v) is 3.96. The SMILES string of the molecule is COC(C(=O)O)=[P+]([O-])c1ccccc1. The average Bonchev–Trinajstić information content (AvgIpc) is 2.19. The summed E-state index contributed by atoms with van der Waals surface area (Å²) in [6.07, 6.45) is 0. The van der Waals surface area contributed by atoms with Crippen molar-refractivity contribution in [1.29, 1.82) is 0 Å². The number of carboxylic acid groups (broad SMARTS) is 1. The molecule has 14 heavy (non-hydrogen) atoms. The van der Waals surface area contributed by atoms with Crippen molar-refractivity contribution in [2.24, 2.45) is 0 Å². The topological polar surface area (TPSA) is 69.6 Å². The first kappa shape index (κ1) is 10.9. The van der Waals surface area contributed by atoms with Gasteiger partial charge in [0.15, 0.2) is 0 Å². The van der Waals surface area contributed by atoms with Crippen LogP contribution < -0.4 is 10.2 Å². The Balaban J connectivity index is 3.15. The first-order valence-corrected chi connectivity index (χ1v) is 5.09. The molecule has 1 atom stereocenters. The normalized spacial score (nSPS) is 12.1. The number of aliphatic carboxylic acids is 1. The zero-order chi connectivity index (χ0) is 10.6. The molecule has 0 spiro atoms. The van der Waals surface area contributed by atoms with Gasteiger partial charge in [-0.05, 0) is 12.1 Å². The summed E-state index contributed by atoms with van der Waals surface area (Å²) in [6.45, 7) is 0. The molecule has 1 unspecified atom stereocenters. The summed E-state index contributed by atoms with van der Waals surface area (Å²) in [5, 5.41) is 9.11. The predicted molar refractivity (Wildman–Crippen MR) is 52.6 cm³/mol. The Labute approximate surface area is 82.2 Å². The van der Waals surface area contributed by atoms with Crippen LogP contribution >= 0.6 is 7.77 Å². The average molecular weight is 212 g/mol. The van der Waals surface area contributed by atoms with Gasteiger partial charge in [0.2, 0.25) is 0 Å². The van der Waals surface area contributed by atoms with Gasteiger partial charge in [0.1, 0.15) is 13.1 Å². The van der Waals surface area contributed by atoms with Gasteiger partial charge < -0.3 is 14.7 Å². The number of benzene rings is 1. The number of methoxy groups -OCH3 is 1. The highest BCUT2D eigenvalue weighted by molar-refractivity contribution is 7.61. The highest BCUT2D eigenvalue weighted by Gasteiger charge is 2.20. The molecule has 1 aromatic rings. The minimum atomic E-state index is -2.13. The van der Waals surface area contributed by atoms with E-state index in [-0.39, 0.29) is 0 Å². The van der Waals surface area contributed by atoms with Gasteiger partial charge in [-0.25, -0.2) is 4.79 Å². The Bertz CT molecular complexity index is 358. The van der Waals surface area contributed by atoms with Crippen LogP contribution in [-0.4, -0.2) is 23.7 Å². The van der Waals surface area contributed by atoms with E-state index in [4.69, 9.17) is 5.11 Å². The number of carbonyl (C=O) groups is 1. The molecule has 0 fully saturated rings. The molecule has 0 aliphatic carbocycles. The molecule has 0 heterocycles. The van der Waals surface area contributed by atoms with Gasteiger partial charge in [0.25, 0.3) is 0 Å². The molecule has 0 aliphatic heterocycles. The summed E-state index contributed by atoms with van der Waals surface area (Å²) in [6, 6.07) is 8.34. The van der Waals surface area contributed by atoms with Crippen molar-refractivity contribution in [1.82, 2.24) is 0 Å². The second-order valence-electron chi connectivity index (χ2n) is 2.44. The summed E-state index contributed by atoms with van der Waals surface area (Å²) in [5.74, 6) is -1.29. The molecule has 1 N–H and O–H groups in total. The van der Waals surface area contributed by atoms with E-state index in [1.54, 1.807) is 30.3 Å². The van der Waals surface area contributed by atoms with Crippen LogP contribution in [0.5, 0.6) is 0 Å². The lowest BCUT2D eigenvalue weighted by atomic mass is 10.4. The highest BCUT2D eigenvalue weighted by Crippen LogP contribution is 2.13. The third-order valence-corrected chi connectivity index (χ3v) is 3.06. The molecule has 1 rings (SSSR count). The molecule has 0 amide bonds. The van der Waals surface area contributed by atoms with Gasteiger partial charge in [-0.3, -0.25) is 0 Å². The Morgan fingerprint density at radius 1 is 1.43 bits per heavy atom. The quantitative estimate of drug-likeness (QED) is 0.712. The molecule has 74 valence electrons. The summed E-state index contributed by atoms with van der Waals surface area (Å²) >= 11 is 0. The van der Waals surface area contributed by atoms with Crippen LogP contribution in [0.2, 0.25) is 0 Å². The van der Waals surface area contributed by atoms with E-state index in [0.717, 1.165) is 0 Å². The van der Waals surface area contributed by atoms with Crippen molar-refractivity contribution in [3.8, 4) is 0 Å². The van der Waals surface area contributed by atoms with Crippen LogP contribution in [0.25, 0.3) is 0 Å². The monoisotopic (exact) mass is 212 g/mol. The van der Waals surface area contributed by atoms with Crippen LogP contribution in [0.15, 0.2) is 30.3 Å². The van der Waals surface area contributed by atoms with Crippen LogP contribution in [0.3, 0.4) is 0 Å². The van der Waals surface area contributed by atoms with Gasteiger partial charge in [-0.2, -0.15) is 0 Å². The van der Waals surface area contributed by atoms with E-state index < -0.39 is 19.2 Å². The molecule has 0 bridgehead atoms. The van der Waals surface area contributed by atoms with Crippen LogP contribution in [0.1, 0.15) is 0 Å². The van der Waals surface area contributed by atoms with Crippen LogP contribution in [0.4, 0.5) is 0 Å². The molecule has 0 radical (unpaired) electrons. The Kier molecular flexibility index (Phi) is 3.77. The molecular formula is C9H9O4P. The van der Waals surface area contributed by atoms with Crippen LogP contribution in [0, 0.1) is 0 Å². The first-order valence-electron chi connectivity index (χ1n) is 3.83. The molecule has 4 nitrogen and oxygen atoms in total. The summed E-state index contributed by atoms with van der Waals surface area (Å²) in [4.78, 5) is 22.2. The van der Waals surface area contributed by atoms with Crippen molar-refractivity contribution in [3.63, 3.8) is 0 Å². The molecule has 0 aliphatic rings. The molecule has 0 aromatic heterocycles. The largest absolute Gasteiger partial charge is 0.624 e. The summed E-state index contributed by atoms with van der Waals surface area (Å²) < 4.78 is 4.56. The lowest BCUT2D eigenvalue weighted by molar-refractivity contribution is -0.150. The van der Waals surface area contributed by atoms with Crippen molar-refractivity contribution < 1.29 is 19.5 Å². The standard InChI is InChI=1S/C9H9O4P/c1-13-9(8(10)11)14(12)7-5-3-2-4-6-7/h2-6H,1H3,(H,10,11). The number of ether oxygens (including phenoxy) is 1. The zero-order valence-electron chi connectivity index (χ0n) is 7.51. The molecule has 1 aromatic carbocycles.